The zero-order chi connectivity index (χ0) is 62.1. The molecule has 38 nitrogen and oxygen atoms in total. The van der Waals surface area contributed by atoms with E-state index in [4.69, 9.17) is 61.6 Å². The zero-order valence-electron chi connectivity index (χ0n) is 44.7. The summed E-state index contributed by atoms with van der Waals surface area (Å²) in [6, 6.07) is -3.44. The van der Waals surface area contributed by atoms with Crippen molar-refractivity contribution in [3.05, 3.63) is 0 Å². The molecule has 0 aliphatic carbocycles. The molecule has 0 aromatic rings. The second-order valence-corrected chi connectivity index (χ2v) is 21.1. The van der Waals surface area contributed by atoms with Gasteiger partial charge < -0.3 is 174 Å². The molecule has 0 aromatic carbocycles. The van der Waals surface area contributed by atoms with E-state index >= 15 is 0 Å². The first-order chi connectivity index (χ1) is 39.6. The van der Waals surface area contributed by atoms with Gasteiger partial charge in [0.2, 0.25) is 11.8 Å². The van der Waals surface area contributed by atoms with Gasteiger partial charge in [0.25, 0.3) is 0 Å². The van der Waals surface area contributed by atoms with E-state index in [1.54, 1.807) is 0 Å². The molecule has 84 heavy (non-hydrogen) atoms. The quantitative estimate of drug-likeness (QED) is 0.0538. The van der Waals surface area contributed by atoms with E-state index in [2.05, 4.69) is 10.6 Å². The molecule has 1 unspecified atom stereocenters. The number of rotatable bonds is 20. The van der Waals surface area contributed by atoms with Crippen molar-refractivity contribution >= 4 is 17.8 Å². The molecule has 0 radical (unpaired) electrons. The van der Waals surface area contributed by atoms with Crippen LogP contribution in [0.2, 0.25) is 0 Å². The monoisotopic (exact) mass is 1230 g/mol. The Morgan fingerprint density at radius 2 is 0.750 bits per heavy atom. The third-order valence-electron chi connectivity index (χ3n) is 15.3. The van der Waals surface area contributed by atoms with Crippen LogP contribution >= 0.6 is 0 Å². The number of aliphatic hydroxyl groups excluding tert-OH is 19. The molecule has 38 heteroatoms. The van der Waals surface area contributed by atoms with Crippen molar-refractivity contribution in [3.63, 3.8) is 0 Å². The van der Waals surface area contributed by atoms with Crippen LogP contribution in [-0.2, 0) is 76.0 Å². The molecule has 486 valence electrons. The van der Waals surface area contributed by atoms with Crippen LogP contribution in [0.5, 0.6) is 0 Å². The van der Waals surface area contributed by atoms with E-state index in [-0.39, 0.29) is 0 Å². The molecule has 0 saturated carbocycles. The second-order valence-electron chi connectivity index (χ2n) is 21.1. The molecule has 35 atom stereocenters. The summed E-state index contributed by atoms with van der Waals surface area (Å²) in [6.45, 7) is -2.32. The molecule has 0 aromatic heterocycles. The fourth-order valence-corrected chi connectivity index (χ4v) is 10.7. The summed E-state index contributed by atoms with van der Waals surface area (Å²) in [6.07, 6.45) is -69.6. The van der Waals surface area contributed by atoms with Crippen LogP contribution in [-0.4, -0.2) is 368 Å². The Morgan fingerprint density at radius 3 is 1.33 bits per heavy atom. The number of aliphatic carboxylic acids is 1. The highest BCUT2D eigenvalue weighted by Crippen LogP contribution is 2.40. The van der Waals surface area contributed by atoms with Crippen LogP contribution in [0.25, 0.3) is 0 Å². The van der Waals surface area contributed by atoms with Crippen LogP contribution in [0.3, 0.4) is 0 Å². The maximum absolute atomic E-state index is 12.5. The highest BCUT2D eigenvalue weighted by molar-refractivity contribution is 5.74. The molecule has 7 saturated heterocycles. The summed E-state index contributed by atoms with van der Waals surface area (Å²) >= 11 is 0. The van der Waals surface area contributed by atoms with Crippen molar-refractivity contribution in [2.75, 3.05) is 33.0 Å². The highest BCUT2D eigenvalue weighted by atomic mass is 16.8. The van der Waals surface area contributed by atoms with Gasteiger partial charge in [-0.2, -0.15) is 0 Å². The number of carboxylic acid groups (broad SMARTS) is 1. The standard InChI is InChI=1S/C46H76N2O36/c1-9-19(56)24(61)28(65)42(72-9)84-38-37(83-45-31(68)35(22(59)14(6-51)75-45)81-44-29(66)25(62)26(63)36(82-44)39(69)70)33(16(8-53)77-46(38)80-34-18(48-11(3)55)40(71)73-13(5-50)21(34)58)79-43-30(67)27(64)32(15(7-52)76-43)78-41-17(47-10(2)54)23(60)20(57)12(4-49)74-41/h9,12-38,40-46,49-53,56-68,71H,4-8H2,1-3H3,(H,47,54)(H,48,55)(H,69,70)/t9-,12+,13+,14+,15+,16+,17+,18+,19+,20-,21-,22-,23+,24+,25-,26-,27+,28-,29+,30+,31+,32-,33-,34+,35-,36-,37-,38+,40?,41+,42-,43-,44+,45-,46-/m0/s1. The largest absolute Gasteiger partial charge is 0.479 e. The lowest BCUT2D eigenvalue weighted by Gasteiger charge is -2.53. The average Bonchev–Trinajstić information content (AvgIpc) is 3.22. The fourth-order valence-electron chi connectivity index (χ4n) is 10.7. The molecule has 7 aliphatic rings. The molecule has 7 aliphatic heterocycles. The Morgan fingerprint density at radius 1 is 0.345 bits per heavy atom. The fraction of sp³-hybridized carbons (Fsp3) is 0.935. The van der Waals surface area contributed by atoms with Crippen molar-refractivity contribution in [1.29, 1.82) is 0 Å². The molecule has 0 spiro atoms. The number of hydrogen-bond donors (Lipinski definition) is 22. The molecule has 22 N–H and O–H groups in total. The summed E-state index contributed by atoms with van der Waals surface area (Å²) < 4.78 is 76.3. The Kier molecular flexibility index (Phi) is 23.8. The molecule has 2 amide bonds. The van der Waals surface area contributed by atoms with Gasteiger partial charge in [0.05, 0.1) is 39.1 Å². The minimum absolute atomic E-state index is 0.793. The number of ether oxygens (including phenoxy) is 13. The van der Waals surface area contributed by atoms with Gasteiger partial charge in [-0.25, -0.2) is 4.79 Å². The minimum Gasteiger partial charge on any atom is -0.479 e. The average molecular weight is 1230 g/mol. The van der Waals surface area contributed by atoms with Gasteiger partial charge >= 0.3 is 5.97 Å². The van der Waals surface area contributed by atoms with Gasteiger partial charge in [0, 0.05) is 13.8 Å². The van der Waals surface area contributed by atoms with Crippen molar-refractivity contribution in [2.45, 2.75) is 236 Å². The van der Waals surface area contributed by atoms with Crippen molar-refractivity contribution in [3.8, 4) is 0 Å². The number of carbonyl (C=O) groups excluding carboxylic acids is 2. The van der Waals surface area contributed by atoms with E-state index in [1.165, 1.54) is 6.92 Å². The van der Waals surface area contributed by atoms with Crippen LogP contribution in [0, 0.1) is 0 Å². The van der Waals surface area contributed by atoms with Gasteiger partial charge in [0.15, 0.2) is 50.1 Å². The second kappa shape index (κ2) is 29.2. The Hall–Kier alpha value is -2.87. The van der Waals surface area contributed by atoms with E-state index in [0.717, 1.165) is 13.8 Å². The first-order valence-corrected chi connectivity index (χ1v) is 26.5. The number of hydrogen-bond acceptors (Lipinski definition) is 35. The lowest BCUT2D eigenvalue weighted by atomic mass is 9.93. The van der Waals surface area contributed by atoms with Crippen LogP contribution in [0.1, 0.15) is 20.8 Å². The van der Waals surface area contributed by atoms with Crippen molar-refractivity contribution < 1.29 is 178 Å². The van der Waals surface area contributed by atoms with E-state index < -0.39 is 266 Å². The number of nitrogens with one attached hydrogen (secondary N) is 2. The van der Waals surface area contributed by atoms with Crippen LogP contribution in [0.4, 0.5) is 0 Å². The van der Waals surface area contributed by atoms with E-state index in [1.807, 2.05) is 0 Å². The summed E-state index contributed by atoms with van der Waals surface area (Å²) in [5, 5.41) is 223. The van der Waals surface area contributed by atoms with E-state index in [9.17, 15) is 117 Å². The maximum Gasteiger partial charge on any atom is 0.335 e. The van der Waals surface area contributed by atoms with Crippen LogP contribution < -0.4 is 10.6 Å². The summed E-state index contributed by atoms with van der Waals surface area (Å²) in [4.78, 5) is 36.7. The Labute approximate surface area is 474 Å². The predicted octanol–water partition coefficient (Wildman–Crippen LogP) is -14.9. The van der Waals surface area contributed by atoms with Gasteiger partial charge in [-0.05, 0) is 6.92 Å². The molecular weight excluding hydrogens is 1160 g/mol. The molecule has 0 bridgehead atoms. The molecule has 7 heterocycles. The Bertz CT molecular complexity index is 2130. The number of amides is 2. The lowest BCUT2D eigenvalue weighted by molar-refractivity contribution is -0.420. The van der Waals surface area contributed by atoms with Gasteiger partial charge in [0.1, 0.15) is 159 Å². The minimum atomic E-state index is -2.50. The number of carbonyl (C=O) groups is 3. The number of carboxylic acids is 1. The van der Waals surface area contributed by atoms with Gasteiger partial charge in [-0.3, -0.25) is 9.59 Å². The predicted molar refractivity (Wildman–Crippen MR) is 254 cm³/mol. The van der Waals surface area contributed by atoms with Crippen LogP contribution in [0.15, 0.2) is 0 Å². The lowest BCUT2D eigenvalue weighted by Crippen LogP contribution is -2.71. The van der Waals surface area contributed by atoms with Crippen molar-refractivity contribution in [1.82, 2.24) is 10.6 Å². The smallest absolute Gasteiger partial charge is 0.335 e. The molecular formula is C46H76N2O36. The molecule has 7 rings (SSSR count). The normalized spacial score (nSPS) is 50.3. The highest BCUT2D eigenvalue weighted by Gasteiger charge is 2.61. The Balaban J connectivity index is 1.31. The molecule has 7 fully saturated rings. The SMILES string of the molecule is CC(=O)N[C@H]1[C@@H](O[C@@H]2[C@H](O)[C@@H](O)[C@H](O[C@@H]3[C@H](O[C@@H]4O[C@H](CO)[C@H](O)[C@H](O[C@@H]5O[C@H](C(=O)O)[C@@H](O)[C@H](O)[C@H]5O)[C@H]4O)[C@@H](O[C@@H]4O[C@@H](C)[C@@H](O)[C@@H](O)[C@@H]4O)[C@H](O[C@H]4[C@@H](O)[C@@H](CO)OC(O)[C@@H]4NC(C)=O)O[C@@H]3CO)O[C@@H]2CO)O[C@H](CO)[C@H](O)[C@@H]1O. The first-order valence-electron chi connectivity index (χ1n) is 26.5. The van der Waals surface area contributed by atoms with Gasteiger partial charge in [-0.15, -0.1) is 0 Å². The first kappa shape index (κ1) is 68.6. The summed E-state index contributed by atoms with van der Waals surface area (Å²) in [5.74, 6) is -3.54. The van der Waals surface area contributed by atoms with E-state index in [0.29, 0.717) is 0 Å². The third kappa shape index (κ3) is 14.4. The third-order valence-corrected chi connectivity index (χ3v) is 15.3. The topological polar surface area (TPSA) is 600 Å². The zero-order valence-corrected chi connectivity index (χ0v) is 44.7. The van der Waals surface area contributed by atoms with Gasteiger partial charge in [-0.1, -0.05) is 0 Å². The summed E-state index contributed by atoms with van der Waals surface area (Å²) in [5.41, 5.74) is 0. The maximum atomic E-state index is 12.5. The van der Waals surface area contributed by atoms with Crippen molar-refractivity contribution in [2.24, 2.45) is 0 Å². The number of aliphatic hydroxyl groups is 19. The summed E-state index contributed by atoms with van der Waals surface area (Å²) in [7, 11) is 0.